The van der Waals surface area contributed by atoms with Gasteiger partial charge in [0, 0.05) is 12.0 Å². The SMILES string of the molecule is CCCC(CN)(CO)CCOc1ccc(OC)cc1. The van der Waals surface area contributed by atoms with Gasteiger partial charge in [0.05, 0.1) is 20.3 Å². The first kappa shape index (κ1) is 15.8. The topological polar surface area (TPSA) is 64.7 Å². The molecule has 0 bridgehead atoms. The standard InChI is InChI=1S/C15H25NO3/c1-3-8-15(11-16,12-17)9-10-19-14-6-4-13(18-2)5-7-14/h4-7,17H,3,8-12,16H2,1-2H3. The lowest BCUT2D eigenvalue weighted by Gasteiger charge is -2.30. The van der Waals surface area contributed by atoms with Gasteiger partial charge in [-0.1, -0.05) is 13.3 Å². The number of methoxy groups -OCH3 is 1. The quantitative estimate of drug-likeness (QED) is 0.720. The Morgan fingerprint density at radius 3 is 2.26 bits per heavy atom. The third-order valence-electron chi connectivity index (χ3n) is 3.51. The normalized spacial score (nSPS) is 13.9. The smallest absolute Gasteiger partial charge is 0.119 e. The van der Waals surface area contributed by atoms with E-state index >= 15 is 0 Å². The van der Waals surface area contributed by atoms with Crippen LogP contribution in [0.5, 0.6) is 11.5 Å². The van der Waals surface area contributed by atoms with Gasteiger partial charge in [-0.05, 0) is 37.1 Å². The van der Waals surface area contributed by atoms with E-state index in [1.807, 2.05) is 24.3 Å². The summed E-state index contributed by atoms with van der Waals surface area (Å²) in [5.74, 6) is 1.62. The summed E-state index contributed by atoms with van der Waals surface area (Å²) >= 11 is 0. The fraction of sp³-hybridized carbons (Fsp3) is 0.600. The van der Waals surface area contributed by atoms with Gasteiger partial charge in [0.2, 0.25) is 0 Å². The van der Waals surface area contributed by atoms with Gasteiger partial charge in [-0.25, -0.2) is 0 Å². The molecule has 4 nitrogen and oxygen atoms in total. The van der Waals surface area contributed by atoms with Gasteiger partial charge in [-0.15, -0.1) is 0 Å². The average molecular weight is 267 g/mol. The second-order valence-corrected chi connectivity index (χ2v) is 4.89. The molecule has 1 unspecified atom stereocenters. The lowest BCUT2D eigenvalue weighted by molar-refractivity contribution is 0.0929. The van der Waals surface area contributed by atoms with Gasteiger partial charge in [-0.2, -0.15) is 0 Å². The van der Waals surface area contributed by atoms with Gasteiger partial charge in [0.15, 0.2) is 0 Å². The van der Waals surface area contributed by atoms with Crippen molar-refractivity contribution >= 4 is 0 Å². The van der Waals surface area contributed by atoms with Crippen LogP contribution in [-0.4, -0.2) is 32.0 Å². The Hall–Kier alpha value is -1.26. The highest BCUT2D eigenvalue weighted by molar-refractivity contribution is 5.31. The molecule has 1 rings (SSSR count). The molecule has 108 valence electrons. The van der Waals surface area contributed by atoms with Crippen LogP contribution in [0.25, 0.3) is 0 Å². The zero-order valence-corrected chi connectivity index (χ0v) is 11.9. The van der Waals surface area contributed by atoms with E-state index < -0.39 is 0 Å². The van der Waals surface area contributed by atoms with E-state index in [0.29, 0.717) is 13.2 Å². The lowest BCUT2D eigenvalue weighted by Crippen LogP contribution is -2.35. The summed E-state index contributed by atoms with van der Waals surface area (Å²) in [5, 5.41) is 9.52. The fourth-order valence-corrected chi connectivity index (χ4v) is 2.14. The van der Waals surface area contributed by atoms with Crippen LogP contribution in [-0.2, 0) is 0 Å². The molecule has 0 radical (unpaired) electrons. The molecule has 0 saturated carbocycles. The van der Waals surface area contributed by atoms with Crippen molar-refractivity contribution in [3.05, 3.63) is 24.3 Å². The first-order valence-electron chi connectivity index (χ1n) is 6.77. The minimum Gasteiger partial charge on any atom is -0.497 e. The van der Waals surface area contributed by atoms with Crippen LogP contribution < -0.4 is 15.2 Å². The minimum atomic E-state index is -0.207. The summed E-state index contributed by atoms with van der Waals surface area (Å²) < 4.78 is 10.8. The van der Waals surface area contributed by atoms with E-state index in [2.05, 4.69) is 6.92 Å². The molecule has 0 aliphatic carbocycles. The lowest BCUT2D eigenvalue weighted by atomic mass is 9.81. The summed E-state index contributed by atoms with van der Waals surface area (Å²) in [4.78, 5) is 0. The van der Waals surface area contributed by atoms with Crippen LogP contribution in [0.2, 0.25) is 0 Å². The Morgan fingerprint density at radius 1 is 1.16 bits per heavy atom. The number of hydrogen-bond acceptors (Lipinski definition) is 4. The molecule has 0 amide bonds. The third-order valence-corrected chi connectivity index (χ3v) is 3.51. The number of aliphatic hydroxyl groups is 1. The van der Waals surface area contributed by atoms with Crippen molar-refractivity contribution < 1.29 is 14.6 Å². The summed E-state index contributed by atoms with van der Waals surface area (Å²) in [5.41, 5.74) is 5.58. The first-order chi connectivity index (χ1) is 9.19. The Morgan fingerprint density at radius 2 is 1.79 bits per heavy atom. The molecular formula is C15H25NO3. The Kier molecular flexibility index (Phi) is 6.67. The number of ether oxygens (including phenoxy) is 2. The van der Waals surface area contributed by atoms with Crippen molar-refractivity contribution in [1.29, 1.82) is 0 Å². The molecule has 0 aliphatic heterocycles. The van der Waals surface area contributed by atoms with E-state index in [1.54, 1.807) is 7.11 Å². The van der Waals surface area contributed by atoms with Gasteiger partial charge in [0.1, 0.15) is 11.5 Å². The van der Waals surface area contributed by atoms with Crippen LogP contribution in [0.15, 0.2) is 24.3 Å². The molecule has 1 aromatic carbocycles. The van der Waals surface area contributed by atoms with E-state index in [9.17, 15) is 5.11 Å². The number of benzene rings is 1. The Bertz CT molecular complexity index is 347. The number of aliphatic hydroxyl groups excluding tert-OH is 1. The molecule has 0 aromatic heterocycles. The summed E-state index contributed by atoms with van der Waals surface area (Å²) in [6.07, 6.45) is 2.70. The van der Waals surface area contributed by atoms with Crippen molar-refractivity contribution in [2.24, 2.45) is 11.1 Å². The molecule has 0 spiro atoms. The molecule has 0 saturated heterocycles. The van der Waals surface area contributed by atoms with E-state index in [1.165, 1.54) is 0 Å². The van der Waals surface area contributed by atoms with E-state index in [-0.39, 0.29) is 12.0 Å². The van der Waals surface area contributed by atoms with Crippen molar-refractivity contribution in [3.8, 4) is 11.5 Å². The molecule has 0 heterocycles. The summed E-state index contributed by atoms with van der Waals surface area (Å²) in [7, 11) is 1.64. The van der Waals surface area contributed by atoms with Crippen LogP contribution in [0.1, 0.15) is 26.2 Å². The second kappa shape index (κ2) is 8.02. The molecule has 1 atom stereocenters. The van der Waals surface area contributed by atoms with Crippen molar-refractivity contribution in [2.75, 3.05) is 26.9 Å². The predicted octanol–water partition coefficient (Wildman–Crippen LogP) is 2.20. The zero-order valence-electron chi connectivity index (χ0n) is 11.9. The second-order valence-electron chi connectivity index (χ2n) is 4.89. The van der Waals surface area contributed by atoms with Gasteiger partial charge in [0.25, 0.3) is 0 Å². The van der Waals surface area contributed by atoms with E-state index in [0.717, 1.165) is 30.8 Å². The maximum absolute atomic E-state index is 9.52. The fourth-order valence-electron chi connectivity index (χ4n) is 2.14. The van der Waals surface area contributed by atoms with Crippen LogP contribution in [0.4, 0.5) is 0 Å². The monoisotopic (exact) mass is 267 g/mol. The molecule has 1 aromatic rings. The third kappa shape index (κ3) is 4.73. The Labute approximate surface area is 115 Å². The highest BCUT2D eigenvalue weighted by Crippen LogP contribution is 2.27. The molecule has 4 heteroatoms. The van der Waals surface area contributed by atoms with Gasteiger partial charge < -0.3 is 20.3 Å². The van der Waals surface area contributed by atoms with Crippen molar-refractivity contribution in [2.45, 2.75) is 26.2 Å². The highest BCUT2D eigenvalue weighted by atomic mass is 16.5. The van der Waals surface area contributed by atoms with Crippen molar-refractivity contribution in [3.63, 3.8) is 0 Å². The maximum Gasteiger partial charge on any atom is 0.119 e. The van der Waals surface area contributed by atoms with Crippen LogP contribution in [0.3, 0.4) is 0 Å². The van der Waals surface area contributed by atoms with E-state index in [4.69, 9.17) is 15.2 Å². The number of hydrogen-bond donors (Lipinski definition) is 2. The average Bonchev–Trinajstić information content (AvgIpc) is 2.47. The first-order valence-corrected chi connectivity index (χ1v) is 6.77. The molecular weight excluding hydrogens is 242 g/mol. The largest absolute Gasteiger partial charge is 0.497 e. The zero-order chi connectivity index (χ0) is 14.1. The minimum absolute atomic E-state index is 0.114. The number of nitrogens with two attached hydrogens (primary N) is 1. The molecule has 3 N–H and O–H groups in total. The molecule has 19 heavy (non-hydrogen) atoms. The van der Waals surface area contributed by atoms with Crippen molar-refractivity contribution in [1.82, 2.24) is 0 Å². The summed E-state index contributed by atoms with van der Waals surface area (Å²) in [6.45, 7) is 3.26. The van der Waals surface area contributed by atoms with Gasteiger partial charge >= 0.3 is 0 Å². The summed E-state index contributed by atoms with van der Waals surface area (Å²) in [6, 6.07) is 7.48. The van der Waals surface area contributed by atoms with Gasteiger partial charge in [-0.3, -0.25) is 0 Å². The Balaban J connectivity index is 2.46. The van der Waals surface area contributed by atoms with Crippen LogP contribution >= 0.6 is 0 Å². The molecule has 0 fully saturated rings. The predicted molar refractivity (Wildman–Crippen MR) is 76.6 cm³/mol. The maximum atomic E-state index is 9.52. The number of rotatable bonds is 9. The molecule has 0 aliphatic rings. The highest BCUT2D eigenvalue weighted by Gasteiger charge is 2.26. The van der Waals surface area contributed by atoms with Crippen LogP contribution in [0, 0.1) is 5.41 Å².